The molecule has 0 heterocycles. The van der Waals surface area contributed by atoms with Crippen LogP contribution >= 0.6 is 11.8 Å². The second-order valence-corrected chi connectivity index (χ2v) is 8.54. The van der Waals surface area contributed by atoms with Crippen molar-refractivity contribution in [2.24, 2.45) is 0 Å². The third-order valence-corrected chi connectivity index (χ3v) is 6.15. The number of hydrogen-bond acceptors (Lipinski definition) is 5. The number of nitrogens with zero attached hydrogens (tertiary/aromatic N) is 1. The number of hydrogen-bond donors (Lipinski definition) is 2. The average Bonchev–Trinajstić information content (AvgIpc) is 2.84. The first-order valence-electron chi connectivity index (χ1n) is 10.6. The van der Waals surface area contributed by atoms with Gasteiger partial charge in [0.1, 0.15) is 5.75 Å². The van der Waals surface area contributed by atoms with Crippen LogP contribution in [0, 0.1) is 0 Å². The Labute approximate surface area is 199 Å². The maximum absolute atomic E-state index is 12.7. The van der Waals surface area contributed by atoms with Gasteiger partial charge >= 0.3 is 0 Å². The normalized spacial score (nSPS) is 11.7. The fraction of sp³-hybridized carbons (Fsp3) is 0.231. The molecule has 3 aromatic rings. The molecule has 3 rings (SSSR count). The molecule has 0 aliphatic rings. The third kappa shape index (κ3) is 6.60. The van der Waals surface area contributed by atoms with Crippen LogP contribution in [0.1, 0.15) is 22.8 Å². The SMILES string of the molecule is COc1ccccc1NC(=O)c1ccc(NC(=O)[C@@H](C)N(C)Cc2ccc(SC)cc2)cc1. The molecule has 0 saturated carbocycles. The van der Waals surface area contributed by atoms with E-state index in [-0.39, 0.29) is 17.9 Å². The summed E-state index contributed by atoms with van der Waals surface area (Å²) in [4.78, 5) is 28.5. The number of anilines is 2. The van der Waals surface area contributed by atoms with Crippen molar-refractivity contribution in [3.8, 4) is 5.75 Å². The molecular weight excluding hydrogens is 434 g/mol. The van der Waals surface area contributed by atoms with Crippen molar-refractivity contribution in [2.45, 2.75) is 24.4 Å². The van der Waals surface area contributed by atoms with Crippen LogP contribution in [-0.2, 0) is 11.3 Å². The van der Waals surface area contributed by atoms with E-state index < -0.39 is 0 Å². The van der Waals surface area contributed by atoms with Crippen LogP contribution in [0.5, 0.6) is 5.75 Å². The Morgan fingerprint density at radius 2 is 1.64 bits per heavy atom. The van der Waals surface area contributed by atoms with Crippen LogP contribution in [0.25, 0.3) is 0 Å². The molecule has 0 aliphatic heterocycles. The van der Waals surface area contributed by atoms with Crippen LogP contribution in [0.15, 0.2) is 77.7 Å². The highest BCUT2D eigenvalue weighted by molar-refractivity contribution is 7.98. The van der Waals surface area contributed by atoms with Gasteiger partial charge in [-0.3, -0.25) is 14.5 Å². The van der Waals surface area contributed by atoms with E-state index in [0.29, 0.717) is 29.2 Å². The Kier molecular flexibility index (Phi) is 8.52. The Hall–Kier alpha value is -3.29. The number of likely N-dealkylation sites (N-methyl/N-ethyl adjacent to an activating group) is 1. The van der Waals surface area contributed by atoms with Gasteiger partial charge in [-0.25, -0.2) is 0 Å². The molecule has 6 nitrogen and oxygen atoms in total. The molecule has 0 aliphatic carbocycles. The quantitative estimate of drug-likeness (QED) is 0.431. The van der Waals surface area contributed by atoms with Crippen LogP contribution in [-0.4, -0.2) is 43.2 Å². The lowest BCUT2D eigenvalue weighted by atomic mass is 10.1. The van der Waals surface area contributed by atoms with Gasteiger partial charge in [0, 0.05) is 22.7 Å². The molecule has 0 saturated heterocycles. The topological polar surface area (TPSA) is 70.7 Å². The van der Waals surface area contributed by atoms with Gasteiger partial charge in [0.25, 0.3) is 5.91 Å². The average molecular weight is 464 g/mol. The maximum Gasteiger partial charge on any atom is 0.255 e. The van der Waals surface area contributed by atoms with E-state index in [1.807, 2.05) is 37.3 Å². The van der Waals surface area contributed by atoms with Crippen molar-refractivity contribution in [1.82, 2.24) is 4.90 Å². The van der Waals surface area contributed by atoms with E-state index in [1.165, 1.54) is 4.90 Å². The summed E-state index contributed by atoms with van der Waals surface area (Å²) < 4.78 is 5.27. The first-order valence-corrected chi connectivity index (χ1v) is 11.8. The van der Waals surface area contributed by atoms with Gasteiger partial charge < -0.3 is 15.4 Å². The van der Waals surface area contributed by atoms with Crippen molar-refractivity contribution in [3.05, 3.63) is 83.9 Å². The van der Waals surface area contributed by atoms with Gasteiger partial charge in [0.05, 0.1) is 18.8 Å². The molecule has 0 aromatic heterocycles. The summed E-state index contributed by atoms with van der Waals surface area (Å²) in [7, 11) is 3.49. The summed E-state index contributed by atoms with van der Waals surface area (Å²) in [6.07, 6.45) is 2.05. The van der Waals surface area contributed by atoms with Gasteiger partial charge in [-0.1, -0.05) is 24.3 Å². The van der Waals surface area contributed by atoms with Gasteiger partial charge in [-0.15, -0.1) is 11.8 Å². The lowest BCUT2D eigenvalue weighted by Crippen LogP contribution is -2.39. The molecular formula is C26H29N3O3S. The number of carbonyl (C=O) groups is 2. The van der Waals surface area contributed by atoms with Gasteiger partial charge in [0.2, 0.25) is 5.91 Å². The lowest BCUT2D eigenvalue weighted by molar-refractivity contribution is -0.120. The first-order chi connectivity index (χ1) is 15.9. The standard InChI is InChI=1S/C26H29N3O3S/c1-18(29(2)17-19-9-15-22(33-4)16-10-19)25(30)27-21-13-11-20(12-14-21)26(31)28-23-7-5-6-8-24(23)32-3/h5-16,18H,17H2,1-4H3,(H,27,30)(H,28,31)/t18-/m1/s1. The molecule has 0 unspecified atom stereocenters. The minimum absolute atomic E-state index is 0.107. The number of rotatable bonds is 9. The van der Waals surface area contributed by atoms with E-state index >= 15 is 0 Å². The van der Waals surface area contributed by atoms with Crippen molar-refractivity contribution < 1.29 is 14.3 Å². The number of methoxy groups -OCH3 is 1. The molecule has 7 heteroatoms. The second-order valence-electron chi connectivity index (χ2n) is 7.66. The molecule has 0 radical (unpaired) electrons. The van der Waals surface area contributed by atoms with E-state index in [0.717, 1.165) is 5.56 Å². The molecule has 33 heavy (non-hydrogen) atoms. The van der Waals surface area contributed by atoms with Crippen molar-refractivity contribution in [2.75, 3.05) is 31.0 Å². The Balaban J connectivity index is 1.56. The number of para-hydroxylation sites is 2. The highest BCUT2D eigenvalue weighted by Crippen LogP contribution is 2.24. The van der Waals surface area contributed by atoms with Gasteiger partial charge in [-0.2, -0.15) is 0 Å². The maximum atomic E-state index is 12.7. The van der Waals surface area contributed by atoms with Crippen molar-refractivity contribution >= 4 is 35.0 Å². The fourth-order valence-electron chi connectivity index (χ4n) is 3.25. The zero-order chi connectivity index (χ0) is 23.8. The number of amides is 2. The Morgan fingerprint density at radius 3 is 2.27 bits per heavy atom. The van der Waals surface area contributed by atoms with Gasteiger partial charge in [-0.05, 0) is 74.3 Å². The minimum Gasteiger partial charge on any atom is -0.495 e. The molecule has 2 amide bonds. The van der Waals surface area contributed by atoms with Crippen LogP contribution in [0.3, 0.4) is 0 Å². The largest absolute Gasteiger partial charge is 0.495 e. The zero-order valence-corrected chi connectivity index (χ0v) is 20.1. The predicted octanol–water partition coefficient (Wildman–Crippen LogP) is 5.13. The van der Waals surface area contributed by atoms with E-state index in [2.05, 4.69) is 34.9 Å². The molecule has 0 fully saturated rings. The fourth-order valence-corrected chi connectivity index (χ4v) is 3.66. The smallest absolute Gasteiger partial charge is 0.255 e. The van der Waals surface area contributed by atoms with Crippen molar-refractivity contribution in [1.29, 1.82) is 0 Å². The summed E-state index contributed by atoms with van der Waals surface area (Å²) in [5, 5.41) is 5.77. The van der Waals surface area contributed by atoms with Crippen molar-refractivity contribution in [3.63, 3.8) is 0 Å². The van der Waals surface area contributed by atoms with Crippen LogP contribution < -0.4 is 15.4 Å². The number of nitrogens with one attached hydrogen (secondary N) is 2. The third-order valence-electron chi connectivity index (χ3n) is 5.40. The summed E-state index contributed by atoms with van der Waals surface area (Å²) in [5.41, 5.74) is 2.87. The monoisotopic (exact) mass is 463 g/mol. The summed E-state index contributed by atoms with van der Waals surface area (Å²) in [5.74, 6) is 0.232. The summed E-state index contributed by atoms with van der Waals surface area (Å²) >= 11 is 1.70. The van der Waals surface area contributed by atoms with E-state index in [9.17, 15) is 9.59 Å². The lowest BCUT2D eigenvalue weighted by Gasteiger charge is -2.24. The summed E-state index contributed by atoms with van der Waals surface area (Å²) in [6.45, 7) is 2.55. The van der Waals surface area contributed by atoms with E-state index in [4.69, 9.17) is 4.74 Å². The van der Waals surface area contributed by atoms with Crippen LogP contribution in [0.2, 0.25) is 0 Å². The van der Waals surface area contributed by atoms with Crippen LogP contribution in [0.4, 0.5) is 11.4 Å². The first kappa shape index (κ1) is 24.4. The molecule has 172 valence electrons. The zero-order valence-electron chi connectivity index (χ0n) is 19.3. The predicted molar refractivity (Wildman–Crippen MR) is 135 cm³/mol. The second kappa shape index (κ2) is 11.5. The molecule has 1 atom stereocenters. The highest BCUT2D eigenvalue weighted by atomic mass is 32.2. The number of carbonyl (C=O) groups excluding carboxylic acids is 2. The molecule has 0 bridgehead atoms. The van der Waals surface area contributed by atoms with Gasteiger partial charge in [0.15, 0.2) is 0 Å². The molecule has 3 aromatic carbocycles. The highest BCUT2D eigenvalue weighted by Gasteiger charge is 2.18. The summed E-state index contributed by atoms with van der Waals surface area (Å²) in [6, 6.07) is 22.1. The minimum atomic E-state index is -0.321. The molecule has 2 N–H and O–H groups in total. The Morgan fingerprint density at radius 1 is 0.970 bits per heavy atom. The molecule has 0 spiro atoms. The number of ether oxygens (including phenoxy) is 1. The number of benzene rings is 3. The Bertz CT molecular complexity index is 1080. The number of thioether (sulfide) groups is 1. The van der Waals surface area contributed by atoms with E-state index in [1.54, 1.807) is 55.3 Å².